The molecule has 4 nitrogen and oxygen atoms in total. The van der Waals surface area contributed by atoms with E-state index >= 15 is 0 Å². The Hall–Kier alpha value is -1.72. The molecule has 1 aromatic carbocycles. The number of ether oxygens (including phenoxy) is 1. The Labute approximate surface area is 133 Å². The molecule has 0 atom stereocenters. The molecule has 1 N–H and O–H groups in total. The number of hydrogen-bond donors (Lipinski definition) is 1. The van der Waals surface area contributed by atoms with E-state index in [9.17, 15) is 4.79 Å². The Morgan fingerprint density at radius 1 is 1.29 bits per heavy atom. The fourth-order valence-electron chi connectivity index (χ4n) is 1.80. The van der Waals surface area contributed by atoms with Crippen LogP contribution in [-0.2, 0) is 13.1 Å². The van der Waals surface area contributed by atoms with Crippen LogP contribution in [0, 0.1) is 0 Å². The van der Waals surface area contributed by atoms with Gasteiger partial charge in [0.15, 0.2) is 0 Å². The van der Waals surface area contributed by atoms with Gasteiger partial charge in [0.2, 0.25) is 0 Å². The highest BCUT2D eigenvalue weighted by Gasteiger charge is 2.10. The first-order valence-electron chi connectivity index (χ1n) is 6.44. The molecule has 0 aliphatic heterocycles. The number of nitrogens with one attached hydrogen (secondary N) is 1. The number of thiophene rings is 1. The largest absolute Gasteiger partial charge is 0.497 e. The van der Waals surface area contributed by atoms with Crippen LogP contribution in [0.15, 0.2) is 36.4 Å². The van der Waals surface area contributed by atoms with Crippen molar-refractivity contribution in [2.24, 2.45) is 0 Å². The number of rotatable bonds is 5. The van der Waals surface area contributed by atoms with Crippen LogP contribution in [0.4, 0.5) is 4.79 Å². The average Bonchev–Trinajstić information content (AvgIpc) is 2.90. The van der Waals surface area contributed by atoms with Crippen LogP contribution < -0.4 is 10.1 Å². The fourth-order valence-corrected chi connectivity index (χ4v) is 2.94. The molecule has 0 aliphatic carbocycles. The molecule has 0 bridgehead atoms. The van der Waals surface area contributed by atoms with Gasteiger partial charge in [0.1, 0.15) is 5.75 Å². The van der Waals surface area contributed by atoms with Crippen molar-refractivity contribution in [3.63, 3.8) is 0 Å². The summed E-state index contributed by atoms with van der Waals surface area (Å²) in [6, 6.07) is 11.3. The van der Waals surface area contributed by atoms with Crippen LogP contribution >= 0.6 is 22.9 Å². The maximum atomic E-state index is 12.0. The van der Waals surface area contributed by atoms with Gasteiger partial charge in [0.25, 0.3) is 0 Å². The second-order valence-corrected chi connectivity index (χ2v) is 6.37. The average molecular weight is 325 g/mol. The number of benzene rings is 1. The minimum atomic E-state index is -0.115. The lowest BCUT2D eigenvalue weighted by Gasteiger charge is -2.17. The summed E-state index contributed by atoms with van der Waals surface area (Å²) in [5.74, 6) is 0.803. The second-order valence-electron chi connectivity index (χ2n) is 4.57. The predicted octanol–water partition coefficient (Wildman–Crippen LogP) is 3.75. The summed E-state index contributed by atoms with van der Waals surface area (Å²) in [5, 5.41) is 2.88. The highest BCUT2D eigenvalue weighted by molar-refractivity contribution is 7.16. The zero-order valence-electron chi connectivity index (χ0n) is 11.9. The summed E-state index contributed by atoms with van der Waals surface area (Å²) in [5.41, 5.74) is 1.02. The number of nitrogens with zero attached hydrogens (tertiary/aromatic N) is 1. The molecular weight excluding hydrogens is 308 g/mol. The number of urea groups is 1. The molecule has 21 heavy (non-hydrogen) atoms. The Bertz CT molecular complexity index is 598. The minimum absolute atomic E-state index is 0.115. The van der Waals surface area contributed by atoms with Crippen LogP contribution in [0.3, 0.4) is 0 Å². The second kappa shape index (κ2) is 7.33. The van der Waals surface area contributed by atoms with Gasteiger partial charge in [-0.05, 0) is 29.8 Å². The first kappa shape index (κ1) is 15.7. The minimum Gasteiger partial charge on any atom is -0.497 e. The number of methoxy groups -OCH3 is 1. The summed E-state index contributed by atoms with van der Waals surface area (Å²) in [6.45, 7) is 1.03. The Morgan fingerprint density at radius 3 is 2.57 bits per heavy atom. The lowest BCUT2D eigenvalue weighted by atomic mass is 10.2. The molecule has 0 unspecified atom stereocenters. The number of halogens is 1. The van der Waals surface area contributed by atoms with Crippen molar-refractivity contribution in [1.29, 1.82) is 0 Å². The van der Waals surface area contributed by atoms with Gasteiger partial charge in [-0.25, -0.2) is 4.79 Å². The van der Waals surface area contributed by atoms with Crippen LogP contribution in [0.1, 0.15) is 10.4 Å². The van der Waals surface area contributed by atoms with Crippen molar-refractivity contribution >= 4 is 29.0 Å². The summed E-state index contributed by atoms with van der Waals surface area (Å²) in [4.78, 5) is 14.7. The van der Waals surface area contributed by atoms with E-state index in [-0.39, 0.29) is 6.03 Å². The van der Waals surface area contributed by atoms with Gasteiger partial charge in [0.05, 0.1) is 18.0 Å². The maximum absolute atomic E-state index is 12.0. The zero-order chi connectivity index (χ0) is 15.2. The molecule has 6 heteroatoms. The number of hydrogen-bond acceptors (Lipinski definition) is 3. The van der Waals surface area contributed by atoms with E-state index in [0.717, 1.165) is 20.5 Å². The molecule has 0 radical (unpaired) electrons. The maximum Gasteiger partial charge on any atom is 0.317 e. The summed E-state index contributed by atoms with van der Waals surface area (Å²) >= 11 is 7.36. The van der Waals surface area contributed by atoms with E-state index in [4.69, 9.17) is 16.3 Å². The zero-order valence-corrected chi connectivity index (χ0v) is 13.5. The lowest BCUT2D eigenvalue weighted by Crippen LogP contribution is -2.36. The van der Waals surface area contributed by atoms with Crippen LogP contribution in [0.2, 0.25) is 4.34 Å². The van der Waals surface area contributed by atoms with Crippen molar-refractivity contribution in [2.45, 2.75) is 13.1 Å². The molecule has 2 aromatic rings. The van der Waals surface area contributed by atoms with E-state index in [1.807, 2.05) is 36.4 Å². The van der Waals surface area contributed by atoms with Crippen LogP contribution in [0.5, 0.6) is 5.75 Å². The fraction of sp³-hybridized carbons (Fsp3) is 0.267. The van der Waals surface area contributed by atoms with Crippen molar-refractivity contribution in [3.05, 3.63) is 51.2 Å². The van der Waals surface area contributed by atoms with Crippen molar-refractivity contribution in [2.75, 3.05) is 14.2 Å². The third-order valence-corrected chi connectivity index (χ3v) is 4.19. The third kappa shape index (κ3) is 4.65. The van der Waals surface area contributed by atoms with Crippen molar-refractivity contribution in [3.8, 4) is 5.75 Å². The Morgan fingerprint density at radius 2 is 2.00 bits per heavy atom. The summed E-state index contributed by atoms with van der Waals surface area (Å²) < 4.78 is 5.83. The normalized spacial score (nSPS) is 10.2. The first-order chi connectivity index (χ1) is 10.1. The molecule has 1 aromatic heterocycles. The Balaban J connectivity index is 1.82. The van der Waals surface area contributed by atoms with Crippen molar-refractivity contribution < 1.29 is 9.53 Å². The van der Waals surface area contributed by atoms with Gasteiger partial charge in [-0.2, -0.15) is 0 Å². The summed E-state index contributed by atoms with van der Waals surface area (Å²) in [7, 11) is 3.39. The van der Waals surface area contributed by atoms with Gasteiger partial charge in [0, 0.05) is 18.5 Å². The highest BCUT2D eigenvalue weighted by Crippen LogP contribution is 2.22. The van der Waals surface area contributed by atoms with E-state index in [2.05, 4.69) is 5.32 Å². The van der Waals surface area contributed by atoms with Gasteiger partial charge in [-0.3, -0.25) is 0 Å². The van der Waals surface area contributed by atoms with E-state index in [1.54, 1.807) is 19.1 Å². The molecule has 0 fully saturated rings. The monoisotopic (exact) mass is 324 g/mol. The molecule has 0 spiro atoms. The predicted molar refractivity (Wildman–Crippen MR) is 86.0 cm³/mol. The van der Waals surface area contributed by atoms with Crippen LogP contribution in [0.25, 0.3) is 0 Å². The molecule has 2 amide bonds. The van der Waals surface area contributed by atoms with E-state index in [0.29, 0.717) is 13.1 Å². The topological polar surface area (TPSA) is 41.6 Å². The van der Waals surface area contributed by atoms with Gasteiger partial charge in [-0.15, -0.1) is 11.3 Å². The first-order valence-corrected chi connectivity index (χ1v) is 7.64. The lowest BCUT2D eigenvalue weighted by molar-refractivity contribution is 0.207. The molecule has 112 valence electrons. The van der Waals surface area contributed by atoms with Gasteiger partial charge in [-0.1, -0.05) is 23.7 Å². The summed E-state index contributed by atoms with van der Waals surface area (Å²) in [6.07, 6.45) is 0. The van der Waals surface area contributed by atoms with E-state index in [1.165, 1.54) is 11.3 Å². The highest BCUT2D eigenvalue weighted by atomic mass is 35.5. The standard InChI is InChI=1S/C15H17ClN2O2S/c1-18(10-13-7-8-14(16)21-13)15(19)17-9-11-3-5-12(20-2)6-4-11/h3-8H,9-10H2,1-2H3,(H,17,19). The SMILES string of the molecule is COc1ccc(CNC(=O)N(C)Cc2ccc(Cl)s2)cc1. The molecule has 0 saturated heterocycles. The van der Waals surface area contributed by atoms with E-state index < -0.39 is 0 Å². The quantitative estimate of drug-likeness (QED) is 0.910. The Kier molecular flexibility index (Phi) is 5.47. The number of carbonyl (C=O) groups excluding carboxylic acids is 1. The van der Waals surface area contributed by atoms with Gasteiger partial charge < -0.3 is 15.0 Å². The molecule has 2 rings (SSSR count). The number of amides is 2. The van der Waals surface area contributed by atoms with Crippen LogP contribution in [-0.4, -0.2) is 25.1 Å². The molecule has 0 saturated carbocycles. The molecular formula is C15H17ClN2O2S. The van der Waals surface area contributed by atoms with Gasteiger partial charge >= 0.3 is 6.03 Å². The van der Waals surface area contributed by atoms with Crippen molar-refractivity contribution in [1.82, 2.24) is 10.2 Å². The number of carbonyl (C=O) groups is 1. The molecule has 0 aliphatic rings. The third-order valence-electron chi connectivity index (χ3n) is 2.97. The molecule has 1 heterocycles. The smallest absolute Gasteiger partial charge is 0.317 e.